The molecule has 0 aliphatic carbocycles. The van der Waals surface area contributed by atoms with E-state index in [4.69, 9.17) is 10.5 Å². The van der Waals surface area contributed by atoms with Gasteiger partial charge in [-0.15, -0.1) is 0 Å². The van der Waals surface area contributed by atoms with Crippen molar-refractivity contribution in [3.8, 4) is 11.5 Å². The SMILES string of the molecule is CC.CC.CCSNc1cccc(Oc2cc(=O)n(C)c(Nc3ccc(C)cc3F)c2C(N)=O)c1C. The van der Waals surface area contributed by atoms with Crippen LogP contribution in [0.5, 0.6) is 11.5 Å². The fourth-order valence-electron chi connectivity index (χ4n) is 3.09. The van der Waals surface area contributed by atoms with Crippen LogP contribution in [0.3, 0.4) is 0 Å². The van der Waals surface area contributed by atoms with E-state index < -0.39 is 17.3 Å². The van der Waals surface area contributed by atoms with Crippen LogP contribution in [0.2, 0.25) is 0 Å². The summed E-state index contributed by atoms with van der Waals surface area (Å²) in [5, 5.41) is 2.83. The van der Waals surface area contributed by atoms with Gasteiger partial charge in [0.2, 0.25) is 0 Å². The Morgan fingerprint density at radius 3 is 2.31 bits per heavy atom. The number of amides is 1. The Balaban J connectivity index is 0.00000154. The average molecular weight is 517 g/mol. The van der Waals surface area contributed by atoms with Gasteiger partial charge < -0.3 is 20.5 Å². The minimum atomic E-state index is -0.820. The van der Waals surface area contributed by atoms with Gasteiger partial charge in [0.05, 0.1) is 11.4 Å². The molecule has 0 aliphatic heterocycles. The average Bonchev–Trinajstić information content (AvgIpc) is 2.86. The smallest absolute Gasteiger partial charge is 0.256 e. The lowest BCUT2D eigenvalue weighted by Crippen LogP contribution is -2.25. The van der Waals surface area contributed by atoms with Gasteiger partial charge >= 0.3 is 0 Å². The maximum Gasteiger partial charge on any atom is 0.256 e. The molecule has 0 atom stereocenters. The predicted octanol–water partition coefficient (Wildman–Crippen LogP) is 6.91. The Hall–Kier alpha value is -3.46. The monoisotopic (exact) mass is 516 g/mol. The Bertz CT molecular complexity index is 1230. The highest BCUT2D eigenvalue weighted by atomic mass is 32.2. The minimum absolute atomic E-state index is 0.0148. The number of rotatable bonds is 8. The van der Waals surface area contributed by atoms with Crippen molar-refractivity contribution >= 4 is 35.0 Å². The highest BCUT2D eigenvalue weighted by Crippen LogP contribution is 2.35. The van der Waals surface area contributed by atoms with E-state index >= 15 is 0 Å². The highest BCUT2D eigenvalue weighted by Gasteiger charge is 2.22. The van der Waals surface area contributed by atoms with Crippen LogP contribution in [0.25, 0.3) is 0 Å². The third-order valence-corrected chi connectivity index (χ3v) is 5.51. The van der Waals surface area contributed by atoms with Crippen molar-refractivity contribution in [3.05, 3.63) is 75.3 Å². The molecule has 9 heteroatoms. The summed E-state index contributed by atoms with van der Waals surface area (Å²) in [6.07, 6.45) is 0. The normalized spacial score (nSPS) is 9.81. The summed E-state index contributed by atoms with van der Waals surface area (Å²) in [4.78, 5) is 25.0. The summed E-state index contributed by atoms with van der Waals surface area (Å²) < 4.78 is 24.8. The first kappa shape index (κ1) is 30.6. The van der Waals surface area contributed by atoms with Gasteiger partial charge in [0, 0.05) is 24.4 Å². The Morgan fingerprint density at radius 1 is 1.06 bits per heavy atom. The van der Waals surface area contributed by atoms with Gasteiger partial charge in [-0.25, -0.2) is 4.39 Å². The summed E-state index contributed by atoms with van der Waals surface area (Å²) in [5.41, 5.74) is 7.62. The number of benzene rings is 2. The van der Waals surface area contributed by atoms with Gasteiger partial charge in [0.25, 0.3) is 11.5 Å². The molecule has 0 aliphatic rings. The van der Waals surface area contributed by atoms with Crippen LogP contribution in [-0.2, 0) is 7.05 Å². The van der Waals surface area contributed by atoms with Gasteiger partial charge in [-0.05, 0) is 43.7 Å². The van der Waals surface area contributed by atoms with Crippen molar-refractivity contribution in [3.63, 3.8) is 0 Å². The lowest BCUT2D eigenvalue weighted by Gasteiger charge is -2.19. The second-order valence-electron chi connectivity index (χ2n) is 7.17. The van der Waals surface area contributed by atoms with Gasteiger partial charge in [0.15, 0.2) is 0 Å². The molecule has 2 aromatic carbocycles. The van der Waals surface area contributed by atoms with Crippen molar-refractivity contribution in [2.45, 2.75) is 48.5 Å². The molecule has 0 saturated carbocycles. The highest BCUT2D eigenvalue weighted by molar-refractivity contribution is 8.00. The predicted molar refractivity (Wildman–Crippen MR) is 150 cm³/mol. The number of pyridine rings is 1. The molecule has 1 aromatic heterocycles. The lowest BCUT2D eigenvalue weighted by atomic mass is 10.1. The Labute approximate surface area is 217 Å². The molecule has 0 radical (unpaired) electrons. The van der Waals surface area contributed by atoms with E-state index in [1.165, 1.54) is 41.8 Å². The van der Waals surface area contributed by atoms with Gasteiger partial charge in [-0.2, -0.15) is 0 Å². The number of aryl methyl sites for hydroxylation is 1. The van der Waals surface area contributed by atoms with E-state index in [1.807, 2.05) is 47.6 Å². The fraction of sp³-hybridized carbons (Fsp3) is 0.333. The van der Waals surface area contributed by atoms with Crippen LogP contribution in [0.4, 0.5) is 21.6 Å². The number of aromatic nitrogens is 1. The fourth-order valence-corrected chi connectivity index (χ4v) is 3.61. The van der Waals surface area contributed by atoms with Gasteiger partial charge in [-0.3, -0.25) is 14.2 Å². The van der Waals surface area contributed by atoms with Crippen molar-refractivity contribution in [2.75, 3.05) is 15.8 Å². The first-order valence-electron chi connectivity index (χ1n) is 11.9. The molecule has 0 bridgehead atoms. The number of halogens is 1. The number of nitrogens with two attached hydrogens (primary N) is 1. The van der Waals surface area contributed by atoms with Crippen molar-refractivity contribution < 1.29 is 13.9 Å². The van der Waals surface area contributed by atoms with Crippen LogP contribution in [0, 0.1) is 19.7 Å². The molecule has 7 nitrogen and oxygen atoms in total. The molecule has 3 rings (SSSR count). The van der Waals surface area contributed by atoms with Crippen molar-refractivity contribution in [2.24, 2.45) is 12.8 Å². The van der Waals surface area contributed by atoms with E-state index in [1.54, 1.807) is 25.1 Å². The Kier molecular flexibility index (Phi) is 12.6. The summed E-state index contributed by atoms with van der Waals surface area (Å²) >= 11 is 1.53. The van der Waals surface area contributed by atoms with E-state index in [9.17, 15) is 14.0 Å². The number of primary amides is 1. The molecule has 0 fully saturated rings. The molecule has 1 heterocycles. The van der Waals surface area contributed by atoms with Gasteiger partial charge in [0.1, 0.15) is 28.7 Å². The molecule has 0 saturated heterocycles. The van der Waals surface area contributed by atoms with E-state index in [2.05, 4.69) is 10.0 Å². The quantitative estimate of drug-likeness (QED) is 0.282. The maximum atomic E-state index is 14.4. The lowest BCUT2D eigenvalue weighted by molar-refractivity contribution is 0.0998. The van der Waals surface area contributed by atoms with Crippen molar-refractivity contribution in [1.82, 2.24) is 4.57 Å². The second-order valence-corrected chi connectivity index (χ2v) is 8.24. The molecular weight excluding hydrogens is 479 g/mol. The molecule has 196 valence electrons. The van der Waals surface area contributed by atoms with Crippen LogP contribution >= 0.6 is 11.9 Å². The Morgan fingerprint density at radius 2 is 1.72 bits per heavy atom. The largest absolute Gasteiger partial charge is 0.456 e. The number of nitrogens with one attached hydrogen (secondary N) is 2. The molecule has 0 unspecified atom stereocenters. The topological polar surface area (TPSA) is 98.4 Å². The van der Waals surface area contributed by atoms with Crippen LogP contribution in [0.15, 0.2) is 47.3 Å². The van der Waals surface area contributed by atoms with Crippen LogP contribution < -0.4 is 26.1 Å². The minimum Gasteiger partial charge on any atom is -0.456 e. The van der Waals surface area contributed by atoms with Crippen LogP contribution in [0.1, 0.15) is 56.1 Å². The summed E-state index contributed by atoms with van der Waals surface area (Å²) in [6, 6.07) is 11.2. The number of anilines is 3. The number of carbonyl (C=O) groups is 1. The number of carbonyl (C=O) groups excluding carboxylic acids is 1. The van der Waals surface area contributed by atoms with E-state index in [0.29, 0.717) is 5.75 Å². The molecule has 4 N–H and O–H groups in total. The third-order valence-electron chi connectivity index (χ3n) is 4.86. The number of ether oxygens (including phenoxy) is 1. The zero-order valence-corrected chi connectivity index (χ0v) is 23.1. The summed E-state index contributed by atoms with van der Waals surface area (Å²) in [7, 11) is 1.46. The standard InChI is InChI=1S/C23H25FN4O3S.2C2H6/c1-5-32-27-16-7-6-8-18(14(16)3)31-19-12-20(29)28(4)23(21(19)22(25)30)26-17-10-9-13(2)11-15(17)24;2*1-2/h6-12,26-27H,5H2,1-4H3,(H2,25,30);2*1-2H3. The second kappa shape index (κ2) is 14.8. The van der Waals surface area contributed by atoms with E-state index in [0.717, 1.165) is 22.6 Å². The summed E-state index contributed by atoms with van der Waals surface area (Å²) in [5.74, 6) is 0.00172. The number of hydrogen-bond acceptors (Lipinski definition) is 6. The molecule has 3 aromatic rings. The molecule has 36 heavy (non-hydrogen) atoms. The van der Waals surface area contributed by atoms with Crippen LogP contribution in [-0.4, -0.2) is 16.2 Å². The zero-order valence-electron chi connectivity index (χ0n) is 22.3. The van der Waals surface area contributed by atoms with E-state index in [-0.39, 0.29) is 22.8 Å². The number of hydrogen-bond donors (Lipinski definition) is 3. The molecule has 0 spiro atoms. The first-order chi connectivity index (χ1) is 17.2. The summed E-state index contributed by atoms with van der Waals surface area (Å²) in [6.45, 7) is 13.6. The maximum absolute atomic E-state index is 14.4. The molecule has 1 amide bonds. The third kappa shape index (κ3) is 7.52. The first-order valence-corrected chi connectivity index (χ1v) is 12.9. The zero-order chi connectivity index (χ0) is 27.4. The number of nitrogens with zero attached hydrogens (tertiary/aromatic N) is 1. The van der Waals surface area contributed by atoms with Gasteiger partial charge in [-0.1, -0.05) is 58.7 Å². The molecular formula is C27H37FN4O3S. The van der Waals surface area contributed by atoms with Crippen molar-refractivity contribution in [1.29, 1.82) is 0 Å².